The van der Waals surface area contributed by atoms with E-state index in [0.29, 0.717) is 12.0 Å². The predicted octanol–water partition coefficient (Wildman–Crippen LogP) is 2.57. The Labute approximate surface area is 129 Å². The Balaban J connectivity index is 1.79. The maximum absolute atomic E-state index is 12.1. The lowest BCUT2D eigenvalue weighted by Crippen LogP contribution is -2.51. The Bertz CT molecular complexity index is 343. The monoisotopic (exact) mass is 296 g/mol. The van der Waals surface area contributed by atoms with Gasteiger partial charge in [0.15, 0.2) is 0 Å². The number of likely N-dealkylation sites (tertiary alicyclic amines) is 1. The number of piperidine rings is 1. The molecule has 2 rings (SSSR count). The van der Waals surface area contributed by atoms with Crippen LogP contribution in [0.4, 0.5) is 0 Å². The van der Waals surface area contributed by atoms with E-state index in [-0.39, 0.29) is 5.97 Å². The summed E-state index contributed by atoms with van der Waals surface area (Å²) in [6.45, 7) is 7.63. The van der Waals surface area contributed by atoms with Crippen molar-refractivity contribution in [3.63, 3.8) is 0 Å². The largest absolute Gasteiger partial charge is 0.465 e. The van der Waals surface area contributed by atoms with Crippen LogP contribution >= 0.6 is 0 Å². The van der Waals surface area contributed by atoms with E-state index in [0.717, 1.165) is 13.0 Å². The Kier molecular flexibility index (Phi) is 5.67. The fourth-order valence-electron chi connectivity index (χ4n) is 3.88. The summed E-state index contributed by atoms with van der Waals surface area (Å²) < 4.78 is 5.19. The molecule has 1 spiro atoms. The van der Waals surface area contributed by atoms with Gasteiger partial charge in [-0.15, -0.1) is 0 Å². The van der Waals surface area contributed by atoms with Gasteiger partial charge in [-0.25, -0.2) is 0 Å². The van der Waals surface area contributed by atoms with Crippen LogP contribution in [0.1, 0.15) is 58.8 Å². The van der Waals surface area contributed by atoms with Gasteiger partial charge >= 0.3 is 5.97 Å². The second-order valence-electron chi connectivity index (χ2n) is 7.10. The lowest BCUT2D eigenvalue weighted by molar-refractivity contribution is -0.150. The van der Waals surface area contributed by atoms with Crippen molar-refractivity contribution in [1.82, 2.24) is 10.2 Å². The molecular weight excluding hydrogens is 264 g/mol. The van der Waals surface area contributed by atoms with Crippen LogP contribution in [0, 0.1) is 5.41 Å². The number of nitrogens with one attached hydrogen (secondary N) is 1. The first-order chi connectivity index (χ1) is 10.0. The second-order valence-corrected chi connectivity index (χ2v) is 7.10. The van der Waals surface area contributed by atoms with Gasteiger partial charge in [0.2, 0.25) is 0 Å². The molecule has 2 fully saturated rings. The number of carbonyl (C=O) groups is 1. The Morgan fingerprint density at radius 2 is 1.86 bits per heavy atom. The lowest BCUT2D eigenvalue weighted by Gasteiger charge is -2.40. The highest BCUT2D eigenvalue weighted by Gasteiger charge is 2.38. The molecule has 1 aliphatic carbocycles. The van der Waals surface area contributed by atoms with E-state index in [1.54, 1.807) is 0 Å². The maximum atomic E-state index is 12.1. The van der Waals surface area contributed by atoms with E-state index in [1.807, 2.05) is 20.9 Å². The molecule has 21 heavy (non-hydrogen) atoms. The van der Waals surface area contributed by atoms with Gasteiger partial charge in [0, 0.05) is 6.54 Å². The van der Waals surface area contributed by atoms with Crippen LogP contribution < -0.4 is 5.32 Å². The zero-order valence-electron chi connectivity index (χ0n) is 14.0. The van der Waals surface area contributed by atoms with Crippen LogP contribution in [0.5, 0.6) is 0 Å². The first-order valence-corrected chi connectivity index (χ1v) is 8.62. The summed E-state index contributed by atoms with van der Waals surface area (Å²) in [6.07, 6.45) is 9.26. The third kappa shape index (κ3) is 3.98. The van der Waals surface area contributed by atoms with Crippen molar-refractivity contribution >= 4 is 5.97 Å². The molecule has 0 aromatic rings. The number of carbonyl (C=O) groups excluding carboxylic acids is 1. The third-order valence-corrected chi connectivity index (χ3v) is 5.79. The van der Waals surface area contributed by atoms with Crippen molar-refractivity contribution in [2.45, 2.75) is 64.3 Å². The van der Waals surface area contributed by atoms with Crippen LogP contribution in [-0.2, 0) is 9.53 Å². The summed E-state index contributed by atoms with van der Waals surface area (Å²) in [5.74, 6) is -0.128. The van der Waals surface area contributed by atoms with E-state index in [9.17, 15) is 4.79 Å². The Hall–Kier alpha value is -0.610. The van der Waals surface area contributed by atoms with Crippen LogP contribution in [0.25, 0.3) is 0 Å². The minimum atomic E-state index is -0.557. The Morgan fingerprint density at radius 1 is 1.24 bits per heavy atom. The highest BCUT2D eigenvalue weighted by molar-refractivity contribution is 5.80. The number of rotatable bonds is 6. The van der Waals surface area contributed by atoms with Crippen LogP contribution in [0.2, 0.25) is 0 Å². The normalized spacial score (nSPS) is 24.9. The molecule has 1 saturated carbocycles. The number of likely N-dealkylation sites (N-methyl/N-ethyl adjacent to an activating group) is 1. The standard InChI is InChI=1S/C17H32N2O2/c1-4-21-15(20)16(2,18-3)9-12-19-13-10-17(11-14-19)7-5-6-8-17/h18H,4-14H2,1-3H3. The van der Waals surface area contributed by atoms with Gasteiger partial charge in [-0.2, -0.15) is 0 Å². The van der Waals surface area contributed by atoms with Gasteiger partial charge in [-0.05, 0) is 71.5 Å². The SMILES string of the molecule is CCOC(=O)C(C)(CCN1CCC2(CCCC2)CC1)NC. The molecule has 1 atom stereocenters. The van der Waals surface area contributed by atoms with Crippen molar-refractivity contribution in [1.29, 1.82) is 0 Å². The number of nitrogens with zero attached hydrogens (tertiary/aromatic N) is 1. The third-order valence-electron chi connectivity index (χ3n) is 5.79. The summed E-state index contributed by atoms with van der Waals surface area (Å²) in [6, 6.07) is 0. The number of hydrogen-bond acceptors (Lipinski definition) is 4. The molecule has 1 aliphatic heterocycles. The van der Waals surface area contributed by atoms with Crippen molar-refractivity contribution in [2.75, 3.05) is 33.3 Å². The predicted molar refractivity (Wildman–Crippen MR) is 85.3 cm³/mol. The zero-order chi connectivity index (χ0) is 15.3. The molecule has 0 aromatic heterocycles. The van der Waals surface area contributed by atoms with Gasteiger partial charge in [-0.3, -0.25) is 4.79 Å². The molecule has 0 aromatic carbocycles. The fourth-order valence-corrected chi connectivity index (χ4v) is 3.88. The zero-order valence-corrected chi connectivity index (χ0v) is 14.0. The molecule has 1 heterocycles. The second kappa shape index (κ2) is 7.10. The average Bonchev–Trinajstić information content (AvgIpc) is 2.95. The van der Waals surface area contributed by atoms with E-state index in [2.05, 4.69) is 10.2 Å². The molecule has 1 saturated heterocycles. The van der Waals surface area contributed by atoms with Crippen LogP contribution in [0.15, 0.2) is 0 Å². The first-order valence-electron chi connectivity index (χ1n) is 8.62. The van der Waals surface area contributed by atoms with E-state index in [4.69, 9.17) is 4.74 Å². The summed E-state index contributed by atoms with van der Waals surface area (Å²) in [5.41, 5.74) is 0.114. The van der Waals surface area contributed by atoms with Gasteiger partial charge in [0.25, 0.3) is 0 Å². The molecule has 0 amide bonds. The molecule has 1 unspecified atom stereocenters. The topological polar surface area (TPSA) is 41.6 Å². The molecule has 0 radical (unpaired) electrons. The molecule has 4 nitrogen and oxygen atoms in total. The minimum absolute atomic E-state index is 0.128. The number of ether oxygens (including phenoxy) is 1. The fraction of sp³-hybridized carbons (Fsp3) is 0.941. The summed E-state index contributed by atoms with van der Waals surface area (Å²) >= 11 is 0. The van der Waals surface area contributed by atoms with Gasteiger partial charge < -0.3 is 15.0 Å². The highest BCUT2D eigenvalue weighted by atomic mass is 16.5. The molecular formula is C17H32N2O2. The minimum Gasteiger partial charge on any atom is -0.465 e. The summed E-state index contributed by atoms with van der Waals surface area (Å²) in [7, 11) is 1.85. The number of hydrogen-bond donors (Lipinski definition) is 1. The van der Waals surface area contributed by atoms with Crippen molar-refractivity contribution in [3.8, 4) is 0 Å². The van der Waals surface area contributed by atoms with Crippen LogP contribution in [0.3, 0.4) is 0 Å². The summed E-state index contributed by atoms with van der Waals surface area (Å²) in [5, 5.41) is 3.15. The number of esters is 1. The maximum Gasteiger partial charge on any atom is 0.326 e. The van der Waals surface area contributed by atoms with Gasteiger partial charge in [-0.1, -0.05) is 12.8 Å². The van der Waals surface area contributed by atoms with Crippen molar-refractivity contribution < 1.29 is 9.53 Å². The first kappa shape index (κ1) is 16.8. The van der Waals surface area contributed by atoms with E-state index >= 15 is 0 Å². The van der Waals surface area contributed by atoms with E-state index in [1.165, 1.54) is 51.6 Å². The lowest BCUT2D eigenvalue weighted by atomic mass is 9.77. The Morgan fingerprint density at radius 3 is 2.38 bits per heavy atom. The van der Waals surface area contributed by atoms with Crippen LogP contribution in [-0.4, -0.2) is 49.7 Å². The average molecular weight is 296 g/mol. The molecule has 1 N–H and O–H groups in total. The molecule has 0 bridgehead atoms. The molecule has 4 heteroatoms. The molecule has 2 aliphatic rings. The van der Waals surface area contributed by atoms with Gasteiger partial charge in [0.05, 0.1) is 6.61 Å². The van der Waals surface area contributed by atoms with E-state index < -0.39 is 5.54 Å². The summed E-state index contributed by atoms with van der Waals surface area (Å²) in [4.78, 5) is 14.6. The molecule has 122 valence electrons. The highest BCUT2D eigenvalue weighted by Crippen LogP contribution is 2.46. The van der Waals surface area contributed by atoms with Crippen molar-refractivity contribution in [3.05, 3.63) is 0 Å². The smallest absolute Gasteiger partial charge is 0.326 e. The van der Waals surface area contributed by atoms with Gasteiger partial charge in [0.1, 0.15) is 5.54 Å². The van der Waals surface area contributed by atoms with Crippen molar-refractivity contribution in [2.24, 2.45) is 5.41 Å². The quantitative estimate of drug-likeness (QED) is 0.765.